The van der Waals surface area contributed by atoms with Crippen molar-refractivity contribution in [2.45, 2.75) is 96.7 Å². The van der Waals surface area contributed by atoms with Crippen LogP contribution in [-0.4, -0.2) is 36.1 Å². The maximum Gasteiger partial charge on any atom is 0.00962 e. The fraction of sp³-hybridized carbons (Fsp3) is 1.00. The Bertz CT molecular complexity index is 328. The lowest BCUT2D eigenvalue weighted by Gasteiger charge is -2.44. The van der Waals surface area contributed by atoms with E-state index < -0.39 is 0 Å². The number of nitrogens with zero attached hydrogens (tertiary/aromatic N) is 1. The van der Waals surface area contributed by atoms with E-state index in [9.17, 15) is 0 Å². The Kier molecular flexibility index (Phi) is 4.95. The van der Waals surface area contributed by atoms with Crippen molar-refractivity contribution < 1.29 is 0 Å². The van der Waals surface area contributed by atoms with Gasteiger partial charge in [-0.3, -0.25) is 4.90 Å². The zero-order valence-corrected chi connectivity index (χ0v) is 14.5. The minimum absolute atomic E-state index is 0.571. The summed E-state index contributed by atoms with van der Waals surface area (Å²) < 4.78 is 0. The SMILES string of the molecule is CCC1CCC(C)N1CC1(CNC2CC2)CCC(C)CC1. The number of rotatable bonds is 6. The molecule has 0 spiro atoms. The normalized spacial score (nSPS) is 41.6. The average molecular weight is 293 g/mol. The van der Waals surface area contributed by atoms with Gasteiger partial charge in [-0.05, 0) is 63.2 Å². The largest absolute Gasteiger partial charge is 0.313 e. The van der Waals surface area contributed by atoms with Crippen molar-refractivity contribution in [2.24, 2.45) is 11.3 Å². The lowest BCUT2D eigenvalue weighted by molar-refractivity contribution is 0.0615. The van der Waals surface area contributed by atoms with Gasteiger partial charge in [-0.15, -0.1) is 0 Å². The standard InChI is InChI=1S/C19H36N2/c1-4-18-8-5-16(3)21(18)14-19(13-20-17-6-7-17)11-9-15(2)10-12-19/h15-18,20H,4-14H2,1-3H3. The number of hydrogen-bond acceptors (Lipinski definition) is 2. The van der Waals surface area contributed by atoms with E-state index in [1.165, 1.54) is 70.9 Å². The molecule has 1 saturated heterocycles. The first-order valence-electron chi connectivity index (χ1n) is 9.61. The van der Waals surface area contributed by atoms with E-state index in [-0.39, 0.29) is 0 Å². The molecule has 0 aromatic heterocycles. The van der Waals surface area contributed by atoms with E-state index in [0.29, 0.717) is 5.41 Å². The van der Waals surface area contributed by atoms with Gasteiger partial charge in [0, 0.05) is 31.2 Å². The van der Waals surface area contributed by atoms with Gasteiger partial charge in [0.2, 0.25) is 0 Å². The molecular weight excluding hydrogens is 256 g/mol. The second-order valence-corrected chi connectivity index (χ2v) is 8.50. The number of likely N-dealkylation sites (tertiary alicyclic amines) is 1. The van der Waals surface area contributed by atoms with Crippen LogP contribution >= 0.6 is 0 Å². The first kappa shape index (κ1) is 15.8. The monoisotopic (exact) mass is 292 g/mol. The molecule has 2 nitrogen and oxygen atoms in total. The summed E-state index contributed by atoms with van der Waals surface area (Å²) in [5, 5.41) is 3.88. The lowest BCUT2D eigenvalue weighted by atomic mass is 9.70. The van der Waals surface area contributed by atoms with E-state index in [0.717, 1.165) is 24.0 Å². The molecule has 2 saturated carbocycles. The van der Waals surface area contributed by atoms with Crippen LogP contribution in [0.25, 0.3) is 0 Å². The van der Waals surface area contributed by atoms with Gasteiger partial charge in [-0.2, -0.15) is 0 Å². The van der Waals surface area contributed by atoms with Gasteiger partial charge in [-0.25, -0.2) is 0 Å². The van der Waals surface area contributed by atoms with E-state index in [4.69, 9.17) is 0 Å². The summed E-state index contributed by atoms with van der Waals surface area (Å²) in [4.78, 5) is 2.88. The maximum absolute atomic E-state index is 3.88. The highest BCUT2D eigenvalue weighted by Gasteiger charge is 2.40. The van der Waals surface area contributed by atoms with Gasteiger partial charge >= 0.3 is 0 Å². The predicted octanol–water partition coefficient (Wildman–Crippen LogP) is 4.20. The summed E-state index contributed by atoms with van der Waals surface area (Å²) in [5.74, 6) is 0.956. The average Bonchev–Trinajstić information content (AvgIpc) is 3.26. The molecule has 122 valence electrons. The van der Waals surface area contributed by atoms with Crippen LogP contribution in [0.4, 0.5) is 0 Å². The third-order valence-corrected chi connectivity index (χ3v) is 6.62. The quantitative estimate of drug-likeness (QED) is 0.789. The van der Waals surface area contributed by atoms with E-state index in [2.05, 4.69) is 31.0 Å². The van der Waals surface area contributed by atoms with Gasteiger partial charge < -0.3 is 5.32 Å². The molecule has 0 aromatic carbocycles. The van der Waals surface area contributed by atoms with Crippen LogP contribution in [-0.2, 0) is 0 Å². The predicted molar refractivity (Wildman–Crippen MR) is 90.6 cm³/mol. The molecule has 2 heteroatoms. The molecule has 21 heavy (non-hydrogen) atoms. The Morgan fingerprint density at radius 3 is 2.33 bits per heavy atom. The molecule has 0 bridgehead atoms. The summed E-state index contributed by atoms with van der Waals surface area (Å²) in [7, 11) is 0. The second-order valence-electron chi connectivity index (χ2n) is 8.50. The highest BCUT2D eigenvalue weighted by Crippen LogP contribution is 2.42. The van der Waals surface area contributed by atoms with E-state index >= 15 is 0 Å². The van der Waals surface area contributed by atoms with Crippen LogP contribution in [0, 0.1) is 11.3 Å². The van der Waals surface area contributed by atoms with E-state index in [1.54, 1.807) is 0 Å². The van der Waals surface area contributed by atoms with Crippen molar-refractivity contribution in [1.82, 2.24) is 10.2 Å². The van der Waals surface area contributed by atoms with E-state index in [1.807, 2.05) is 0 Å². The topological polar surface area (TPSA) is 15.3 Å². The minimum atomic E-state index is 0.571. The Morgan fingerprint density at radius 2 is 1.71 bits per heavy atom. The molecule has 0 radical (unpaired) electrons. The molecule has 1 N–H and O–H groups in total. The zero-order valence-electron chi connectivity index (χ0n) is 14.5. The summed E-state index contributed by atoms with van der Waals surface area (Å²) in [6.07, 6.45) is 12.8. The van der Waals surface area contributed by atoms with Crippen molar-refractivity contribution in [3.63, 3.8) is 0 Å². The molecule has 1 heterocycles. The minimum Gasteiger partial charge on any atom is -0.313 e. The molecule has 2 atom stereocenters. The molecular formula is C19H36N2. The van der Waals surface area contributed by atoms with Crippen LogP contribution in [0.15, 0.2) is 0 Å². The molecule has 0 aromatic rings. The van der Waals surface area contributed by atoms with Crippen LogP contribution in [0.2, 0.25) is 0 Å². The summed E-state index contributed by atoms with van der Waals surface area (Å²) in [6, 6.07) is 2.53. The number of hydrogen-bond donors (Lipinski definition) is 1. The molecule has 0 amide bonds. The maximum atomic E-state index is 3.88. The molecule has 1 aliphatic heterocycles. The second kappa shape index (κ2) is 6.58. The zero-order chi connectivity index (χ0) is 14.9. The smallest absolute Gasteiger partial charge is 0.00962 e. The van der Waals surface area contributed by atoms with Crippen molar-refractivity contribution in [1.29, 1.82) is 0 Å². The summed E-state index contributed by atoms with van der Waals surface area (Å²) >= 11 is 0. The molecule has 2 aliphatic carbocycles. The lowest BCUT2D eigenvalue weighted by Crippen LogP contribution is -2.49. The Labute approximate surface area is 132 Å². The van der Waals surface area contributed by atoms with Gasteiger partial charge in [0.15, 0.2) is 0 Å². The van der Waals surface area contributed by atoms with Gasteiger partial charge in [0.05, 0.1) is 0 Å². The number of nitrogens with one attached hydrogen (secondary N) is 1. The van der Waals surface area contributed by atoms with Crippen LogP contribution in [0.3, 0.4) is 0 Å². The van der Waals surface area contributed by atoms with Crippen molar-refractivity contribution in [3.8, 4) is 0 Å². The molecule has 3 rings (SSSR count). The van der Waals surface area contributed by atoms with Gasteiger partial charge in [0.1, 0.15) is 0 Å². The fourth-order valence-electron chi connectivity index (χ4n) is 4.65. The highest BCUT2D eigenvalue weighted by atomic mass is 15.2. The fourth-order valence-corrected chi connectivity index (χ4v) is 4.65. The third-order valence-electron chi connectivity index (χ3n) is 6.62. The van der Waals surface area contributed by atoms with Crippen molar-refractivity contribution in [3.05, 3.63) is 0 Å². The summed E-state index contributed by atoms with van der Waals surface area (Å²) in [5.41, 5.74) is 0.571. The van der Waals surface area contributed by atoms with Gasteiger partial charge in [0.25, 0.3) is 0 Å². The molecule has 3 fully saturated rings. The Morgan fingerprint density at radius 1 is 1.00 bits per heavy atom. The Balaban J connectivity index is 1.65. The first-order valence-corrected chi connectivity index (χ1v) is 9.61. The van der Waals surface area contributed by atoms with Crippen LogP contribution in [0.1, 0.15) is 78.6 Å². The van der Waals surface area contributed by atoms with Crippen LogP contribution < -0.4 is 5.32 Å². The highest BCUT2D eigenvalue weighted by molar-refractivity contribution is 4.96. The van der Waals surface area contributed by atoms with Crippen molar-refractivity contribution in [2.75, 3.05) is 13.1 Å². The first-order chi connectivity index (χ1) is 10.1. The molecule has 3 aliphatic rings. The molecule has 2 unspecified atom stereocenters. The van der Waals surface area contributed by atoms with Crippen LogP contribution in [0.5, 0.6) is 0 Å². The van der Waals surface area contributed by atoms with Crippen molar-refractivity contribution >= 4 is 0 Å². The summed E-state index contributed by atoms with van der Waals surface area (Å²) in [6.45, 7) is 9.94. The van der Waals surface area contributed by atoms with Gasteiger partial charge in [-0.1, -0.05) is 26.7 Å². The third kappa shape index (κ3) is 3.82. The Hall–Kier alpha value is -0.0800.